The summed E-state index contributed by atoms with van der Waals surface area (Å²) in [5, 5.41) is 5.32. The second kappa shape index (κ2) is 6.92. The van der Waals surface area contributed by atoms with Crippen molar-refractivity contribution < 1.29 is 17.9 Å². The molecule has 7 heteroatoms. The predicted octanol–water partition coefficient (Wildman–Crippen LogP) is 5.15. The normalized spacial score (nSPS) is 13.2. The maximum absolute atomic E-state index is 12.2. The van der Waals surface area contributed by atoms with Crippen molar-refractivity contribution in [3.63, 3.8) is 0 Å². The molecule has 3 aromatic carbocycles. The van der Waals surface area contributed by atoms with Crippen LogP contribution in [0, 0.1) is 0 Å². The molecule has 0 atom stereocenters. The molecule has 0 aliphatic heterocycles. The second-order valence-corrected chi connectivity index (χ2v) is 6.32. The number of rotatable bonds is 4. The summed E-state index contributed by atoms with van der Waals surface area (Å²) in [4.78, 5) is 4.27. The Hall–Kier alpha value is -3.48. The zero-order valence-corrected chi connectivity index (χ0v) is 14.6. The molecule has 1 aliphatic carbocycles. The van der Waals surface area contributed by atoms with Crippen LogP contribution in [0.15, 0.2) is 59.6 Å². The Morgan fingerprint density at radius 2 is 1.68 bits per heavy atom. The molecule has 0 saturated carbocycles. The lowest BCUT2D eigenvalue weighted by Gasteiger charge is -2.11. The molecule has 0 fully saturated rings. The van der Waals surface area contributed by atoms with Crippen LogP contribution in [0.1, 0.15) is 16.7 Å². The molecule has 4 rings (SSSR count). The molecule has 142 valence electrons. The maximum Gasteiger partial charge on any atom is 0.573 e. The summed E-state index contributed by atoms with van der Waals surface area (Å²) in [5.41, 5.74) is 9.88. The highest BCUT2D eigenvalue weighted by Gasteiger charge is 2.30. The number of hydrogen-bond acceptors (Lipinski definition) is 2. The van der Waals surface area contributed by atoms with Crippen molar-refractivity contribution >= 4 is 34.6 Å². The first kappa shape index (κ1) is 17.9. The average Bonchev–Trinajstić information content (AvgIpc) is 3.07. The van der Waals surface area contributed by atoms with E-state index in [9.17, 15) is 13.2 Å². The van der Waals surface area contributed by atoms with Crippen LogP contribution in [0.25, 0.3) is 22.9 Å². The van der Waals surface area contributed by atoms with Crippen molar-refractivity contribution in [3.8, 4) is 5.75 Å². The maximum atomic E-state index is 12.2. The summed E-state index contributed by atoms with van der Waals surface area (Å²) < 4.78 is 40.4. The van der Waals surface area contributed by atoms with E-state index in [1.165, 1.54) is 29.7 Å². The summed E-state index contributed by atoms with van der Waals surface area (Å²) in [7, 11) is 0. The van der Waals surface area contributed by atoms with Gasteiger partial charge < -0.3 is 15.8 Å². The Balaban J connectivity index is 1.47. The van der Waals surface area contributed by atoms with E-state index < -0.39 is 6.36 Å². The molecular weight excluding hydrogens is 367 g/mol. The number of nitrogens with zero attached hydrogens (tertiary/aromatic N) is 1. The van der Waals surface area contributed by atoms with Crippen LogP contribution in [0.4, 0.5) is 18.9 Å². The highest BCUT2D eigenvalue weighted by Crippen LogP contribution is 2.35. The first-order valence-electron chi connectivity index (χ1n) is 8.54. The topological polar surface area (TPSA) is 59.6 Å². The van der Waals surface area contributed by atoms with Crippen LogP contribution in [-0.2, 0) is 6.54 Å². The molecule has 0 heterocycles. The van der Waals surface area contributed by atoms with Crippen LogP contribution >= 0.6 is 0 Å². The molecule has 0 unspecified atom stereocenters. The molecule has 0 radical (unpaired) electrons. The number of ether oxygens (including phenoxy) is 1. The molecule has 3 N–H and O–H groups in total. The van der Waals surface area contributed by atoms with Crippen molar-refractivity contribution in [2.45, 2.75) is 12.9 Å². The van der Waals surface area contributed by atoms with Gasteiger partial charge in [0.1, 0.15) is 5.75 Å². The van der Waals surface area contributed by atoms with Gasteiger partial charge in [0.05, 0.1) is 6.54 Å². The largest absolute Gasteiger partial charge is 0.573 e. The fourth-order valence-corrected chi connectivity index (χ4v) is 3.18. The third-order valence-corrected chi connectivity index (χ3v) is 4.40. The SMILES string of the molecule is NC(=NCc1ccc(OC(F)(F)F)cc1)Nc1ccc2c3c(cccc13)C=C2. The van der Waals surface area contributed by atoms with Gasteiger partial charge >= 0.3 is 6.36 Å². The highest BCUT2D eigenvalue weighted by atomic mass is 19.4. The van der Waals surface area contributed by atoms with Gasteiger partial charge in [-0.15, -0.1) is 13.2 Å². The van der Waals surface area contributed by atoms with E-state index >= 15 is 0 Å². The molecule has 0 bridgehead atoms. The van der Waals surface area contributed by atoms with Gasteiger partial charge in [-0.05, 0) is 40.3 Å². The molecule has 4 nitrogen and oxygen atoms in total. The fourth-order valence-electron chi connectivity index (χ4n) is 3.18. The monoisotopic (exact) mass is 383 g/mol. The minimum Gasteiger partial charge on any atom is -0.406 e. The number of hydrogen-bond donors (Lipinski definition) is 2. The average molecular weight is 383 g/mol. The second-order valence-electron chi connectivity index (χ2n) is 6.32. The van der Waals surface area contributed by atoms with E-state index in [-0.39, 0.29) is 18.3 Å². The van der Waals surface area contributed by atoms with Crippen LogP contribution in [0.5, 0.6) is 5.75 Å². The van der Waals surface area contributed by atoms with Crippen LogP contribution in [-0.4, -0.2) is 12.3 Å². The Bertz CT molecular complexity index is 1070. The highest BCUT2D eigenvalue weighted by molar-refractivity contribution is 6.11. The molecule has 0 amide bonds. The van der Waals surface area contributed by atoms with Crippen molar-refractivity contribution in [1.82, 2.24) is 0 Å². The smallest absolute Gasteiger partial charge is 0.406 e. The minimum atomic E-state index is -4.71. The number of benzene rings is 3. The first-order valence-corrected chi connectivity index (χ1v) is 8.54. The first-order chi connectivity index (χ1) is 13.4. The molecular formula is C21H16F3N3O. The molecule has 1 aliphatic rings. The van der Waals surface area contributed by atoms with E-state index in [0.29, 0.717) is 5.56 Å². The van der Waals surface area contributed by atoms with Gasteiger partial charge in [0.25, 0.3) is 0 Å². The predicted molar refractivity (Wildman–Crippen MR) is 105 cm³/mol. The Morgan fingerprint density at radius 3 is 2.39 bits per heavy atom. The summed E-state index contributed by atoms with van der Waals surface area (Å²) in [6.07, 6.45) is -0.556. The zero-order valence-electron chi connectivity index (χ0n) is 14.6. The van der Waals surface area contributed by atoms with Gasteiger partial charge in [-0.1, -0.05) is 48.6 Å². The summed E-state index contributed by atoms with van der Waals surface area (Å²) >= 11 is 0. The molecule has 0 spiro atoms. The van der Waals surface area contributed by atoms with E-state index in [1.807, 2.05) is 24.3 Å². The van der Waals surface area contributed by atoms with E-state index in [1.54, 1.807) is 0 Å². The summed E-state index contributed by atoms with van der Waals surface area (Å²) in [6.45, 7) is 0.230. The molecule has 0 aromatic heterocycles. The third-order valence-electron chi connectivity index (χ3n) is 4.40. The van der Waals surface area contributed by atoms with Crippen molar-refractivity contribution in [2.75, 3.05) is 5.32 Å². The van der Waals surface area contributed by atoms with Crippen LogP contribution < -0.4 is 15.8 Å². The molecule has 28 heavy (non-hydrogen) atoms. The number of nitrogens with one attached hydrogen (secondary N) is 1. The number of nitrogens with two attached hydrogens (primary N) is 1. The van der Waals surface area contributed by atoms with E-state index in [2.05, 4.69) is 33.3 Å². The van der Waals surface area contributed by atoms with Crippen LogP contribution in [0.2, 0.25) is 0 Å². The van der Waals surface area contributed by atoms with Crippen LogP contribution in [0.3, 0.4) is 0 Å². The number of anilines is 1. The Kier molecular flexibility index (Phi) is 4.43. The van der Waals surface area contributed by atoms with Gasteiger partial charge in [-0.3, -0.25) is 0 Å². The summed E-state index contributed by atoms with van der Waals surface area (Å²) in [6, 6.07) is 15.6. The lowest BCUT2D eigenvalue weighted by Crippen LogP contribution is -2.22. The number of aliphatic imine (C=N–C) groups is 1. The number of halogens is 3. The van der Waals surface area contributed by atoms with E-state index in [4.69, 9.17) is 5.73 Å². The number of guanidine groups is 1. The lowest BCUT2D eigenvalue weighted by atomic mass is 10.0. The molecule has 0 saturated heterocycles. The number of alkyl halides is 3. The minimum absolute atomic E-state index is 0.224. The van der Waals surface area contributed by atoms with Crippen molar-refractivity contribution in [1.29, 1.82) is 0 Å². The quantitative estimate of drug-likeness (QED) is 0.379. The fraction of sp³-hybridized carbons (Fsp3) is 0.0952. The van der Waals surface area contributed by atoms with Gasteiger partial charge in [-0.2, -0.15) is 0 Å². The zero-order chi connectivity index (χ0) is 19.7. The third kappa shape index (κ3) is 3.78. The van der Waals surface area contributed by atoms with Crippen molar-refractivity contribution in [2.24, 2.45) is 10.7 Å². The molecule has 3 aromatic rings. The van der Waals surface area contributed by atoms with Gasteiger partial charge in [0, 0.05) is 11.1 Å². The van der Waals surface area contributed by atoms with Gasteiger partial charge in [0.2, 0.25) is 0 Å². The Labute approximate surface area is 159 Å². The van der Waals surface area contributed by atoms with Gasteiger partial charge in [-0.25, -0.2) is 4.99 Å². The Morgan fingerprint density at radius 1 is 0.964 bits per heavy atom. The summed E-state index contributed by atoms with van der Waals surface area (Å²) in [5.74, 6) is -0.0462. The van der Waals surface area contributed by atoms with Crippen molar-refractivity contribution in [3.05, 3.63) is 71.3 Å². The standard InChI is InChI=1S/C21H16F3N3O/c22-21(23,24)28-16-9-4-13(5-10-16)12-26-20(25)27-18-11-8-15-7-6-14-2-1-3-17(18)19(14)15/h1-11H,12H2,(H3,25,26,27). The lowest BCUT2D eigenvalue weighted by molar-refractivity contribution is -0.274. The van der Waals surface area contributed by atoms with Gasteiger partial charge in [0.15, 0.2) is 5.96 Å². The van der Waals surface area contributed by atoms with E-state index in [0.717, 1.165) is 22.2 Å².